The van der Waals surface area contributed by atoms with E-state index >= 15 is 0 Å². The first kappa shape index (κ1) is 11.3. The lowest BCUT2D eigenvalue weighted by Gasteiger charge is -2.10. The number of carbonyl (C=O) groups is 1. The van der Waals surface area contributed by atoms with Gasteiger partial charge in [0.1, 0.15) is 0 Å². The third kappa shape index (κ3) is 5.57. The Morgan fingerprint density at radius 1 is 1.55 bits per heavy atom. The smallest absolute Gasteiger partial charge is 0.209 e. The molecule has 2 N–H and O–H groups in total. The van der Waals surface area contributed by atoms with E-state index in [0.717, 1.165) is 19.4 Å². The second-order valence-electron chi connectivity index (χ2n) is 2.39. The van der Waals surface area contributed by atoms with Crippen molar-refractivity contribution < 1.29 is 4.79 Å². The molecule has 1 atom stereocenters. The number of halogens is 1. The van der Waals surface area contributed by atoms with Crippen LogP contribution in [0.4, 0.5) is 0 Å². The summed E-state index contributed by atoms with van der Waals surface area (Å²) in [6.07, 6.45) is 1.95. The molecule has 0 saturated heterocycles. The van der Waals surface area contributed by atoms with Gasteiger partial charge in [0.25, 0.3) is 0 Å². The first-order chi connectivity index (χ1) is 5.22. The summed E-state index contributed by atoms with van der Waals surface area (Å²) in [6, 6.07) is 0.0314. The molecule has 0 saturated carbocycles. The van der Waals surface area contributed by atoms with Crippen LogP contribution in [0.1, 0.15) is 12.8 Å². The third-order valence-electron chi connectivity index (χ3n) is 1.54. The van der Waals surface area contributed by atoms with Gasteiger partial charge in [0.15, 0.2) is 0 Å². The summed E-state index contributed by atoms with van der Waals surface area (Å²) in [7, 11) is 3.74. The minimum atomic E-state index is 0.0314. The number of rotatable bonds is 6. The summed E-state index contributed by atoms with van der Waals surface area (Å²) in [6.45, 7) is 0.974. The summed E-state index contributed by atoms with van der Waals surface area (Å²) in [5.41, 5.74) is 0. The predicted octanol–water partition coefficient (Wildman–Crippen LogP) is 0.536. The molecule has 0 rings (SSSR count). The van der Waals surface area contributed by atoms with Gasteiger partial charge in [0.05, 0.1) is 6.04 Å². The van der Waals surface area contributed by atoms with E-state index < -0.39 is 0 Å². The molecule has 1 unspecified atom stereocenters. The van der Waals surface area contributed by atoms with Crippen molar-refractivity contribution in [2.75, 3.05) is 20.6 Å². The summed E-state index contributed by atoms with van der Waals surface area (Å²) >= 11 is 1.83. The summed E-state index contributed by atoms with van der Waals surface area (Å²) in [4.78, 5) is 10.9. The van der Waals surface area contributed by atoms with Gasteiger partial charge in [-0.1, -0.05) is 0 Å². The van der Waals surface area contributed by atoms with E-state index in [2.05, 4.69) is 10.6 Å². The Morgan fingerprint density at radius 2 is 2.18 bits per heavy atom. The van der Waals surface area contributed by atoms with Crippen LogP contribution in [0.2, 0.25) is 0 Å². The molecule has 66 valence electrons. The second-order valence-corrected chi connectivity index (χ2v) is 3.45. The Morgan fingerprint density at radius 3 is 2.55 bits per heavy atom. The molecule has 3 nitrogen and oxygen atoms in total. The quantitative estimate of drug-likeness (QED) is 0.420. The van der Waals surface area contributed by atoms with E-state index in [9.17, 15) is 4.79 Å². The van der Waals surface area contributed by atoms with Crippen LogP contribution < -0.4 is 10.6 Å². The molecule has 0 aromatic heterocycles. The molecule has 4 heteroatoms. The lowest BCUT2D eigenvalue weighted by molar-refractivity contribution is -0.111. The van der Waals surface area contributed by atoms with Crippen molar-refractivity contribution in [3.05, 3.63) is 0 Å². The van der Waals surface area contributed by atoms with Crippen molar-refractivity contribution in [2.24, 2.45) is 0 Å². The van der Waals surface area contributed by atoms with Crippen molar-refractivity contribution in [3.8, 4) is 0 Å². The number of hydrogen-bond acceptors (Lipinski definition) is 3. The number of hydrogen-bond donors (Lipinski definition) is 2. The number of nitrogens with one attached hydrogen (secondary N) is 2. The molecule has 0 radical (unpaired) electrons. The molecule has 0 aliphatic rings. The molecule has 0 aliphatic carbocycles. The second kappa shape index (κ2) is 7.00. The zero-order chi connectivity index (χ0) is 8.69. The molecule has 0 amide bonds. The Bertz CT molecular complexity index is 119. The molecule has 0 aromatic rings. The van der Waals surface area contributed by atoms with Gasteiger partial charge in [0, 0.05) is 22.6 Å². The zero-order valence-electron chi connectivity index (χ0n) is 6.98. The number of carbonyl (C=O) groups excluding carboxylic acids is 1. The van der Waals surface area contributed by atoms with Crippen LogP contribution in [0.3, 0.4) is 0 Å². The van der Waals surface area contributed by atoms with Gasteiger partial charge < -0.3 is 10.6 Å². The van der Waals surface area contributed by atoms with Crippen molar-refractivity contribution in [1.29, 1.82) is 0 Å². The van der Waals surface area contributed by atoms with Crippen molar-refractivity contribution in [3.63, 3.8) is 0 Å². The highest BCUT2D eigenvalue weighted by atomic mass is 127. The monoisotopic (exact) mass is 270 g/mol. The van der Waals surface area contributed by atoms with E-state index in [-0.39, 0.29) is 9.83 Å². The van der Waals surface area contributed by atoms with Crippen molar-refractivity contribution >= 4 is 26.4 Å². The minimum Gasteiger partial charge on any atom is -0.320 e. The fourth-order valence-corrected chi connectivity index (χ4v) is 1.48. The molecule has 11 heavy (non-hydrogen) atoms. The summed E-state index contributed by atoms with van der Waals surface area (Å²) in [5, 5.41) is 6.02. The average Bonchev–Trinajstić information content (AvgIpc) is 1.97. The molecule has 0 bridgehead atoms. The van der Waals surface area contributed by atoms with Gasteiger partial charge in [-0.15, -0.1) is 0 Å². The van der Waals surface area contributed by atoms with E-state index in [0.29, 0.717) is 0 Å². The van der Waals surface area contributed by atoms with Crippen LogP contribution in [-0.2, 0) is 4.79 Å². The Balaban J connectivity index is 3.44. The van der Waals surface area contributed by atoms with Gasteiger partial charge in [0.2, 0.25) is 3.79 Å². The first-order valence-corrected chi connectivity index (χ1v) is 4.81. The number of likely N-dealkylation sites (N-methyl/N-ethyl adjacent to an activating group) is 1. The Hall–Kier alpha value is 0.320. The first-order valence-electron chi connectivity index (χ1n) is 3.73. The van der Waals surface area contributed by atoms with Crippen molar-refractivity contribution in [2.45, 2.75) is 18.9 Å². The lowest BCUT2D eigenvalue weighted by Crippen LogP contribution is -2.31. The van der Waals surface area contributed by atoms with Gasteiger partial charge in [-0.2, -0.15) is 0 Å². The molecule has 0 heterocycles. The topological polar surface area (TPSA) is 41.1 Å². The molecule has 0 aliphatic heterocycles. The predicted molar refractivity (Wildman–Crippen MR) is 55.0 cm³/mol. The summed E-state index contributed by atoms with van der Waals surface area (Å²) in [5.74, 6) is 0. The molecular weight excluding hydrogens is 255 g/mol. The standard InChI is InChI=1S/C7H15IN2O/c1-9-5-3-4-6(10-2)7(8)11/h6,9-10H,3-5H2,1-2H3. The lowest BCUT2D eigenvalue weighted by atomic mass is 10.2. The van der Waals surface area contributed by atoms with Crippen LogP contribution in [0.5, 0.6) is 0 Å². The molecule has 0 fully saturated rings. The highest BCUT2D eigenvalue weighted by Crippen LogP contribution is 2.01. The third-order valence-corrected chi connectivity index (χ3v) is 2.29. The van der Waals surface area contributed by atoms with E-state index in [1.54, 1.807) is 0 Å². The largest absolute Gasteiger partial charge is 0.320 e. The SMILES string of the molecule is CNCCCC(NC)C(=O)I. The van der Waals surface area contributed by atoms with Crippen LogP contribution in [0.25, 0.3) is 0 Å². The van der Waals surface area contributed by atoms with Crippen LogP contribution in [0, 0.1) is 0 Å². The fourth-order valence-electron chi connectivity index (χ4n) is 0.854. The van der Waals surface area contributed by atoms with Gasteiger partial charge in [-0.25, -0.2) is 0 Å². The minimum absolute atomic E-state index is 0.0314. The van der Waals surface area contributed by atoms with Crippen LogP contribution in [-0.4, -0.2) is 30.5 Å². The van der Waals surface area contributed by atoms with E-state index in [1.165, 1.54) is 0 Å². The zero-order valence-corrected chi connectivity index (χ0v) is 9.14. The fraction of sp³-hybridized carbons (Fsp3) is 0.857. The van der Waals surface area contributed by atoms with Gasteiger partial charge in [-0.05, 0) is 33.5 Å². The maximum Gasteiger partial charge on any atom is 0.209 e. The van der Waals surface area contributed by atoms with Gasteiger partial charge >= 0.3 is 0 Å². The Kier molecular flexibility index (Phi) is 7.20. The van der Waals surface area contributed by atoms with Crippen LogP contribution in [0.15, 0.2) is 0 Å². The average molecular weight is 270 g/mol. The highest BCUT2D eigenvalue weighted by molar-refractivity contribution is 14.1. The van der Waals surface area contributed by atoms with Gasteiger partial charge in [-0.3, -0.25) is 4.79 Å². The highest BCUT2D eigenvalue weighted by Gasteiger charge is 2.11. The normalized spacial score (nSPS) is 13.0. The summed E-state index contributed by atoms with van der Waals surface area (Å²) < 4.78 is 0.196. The van der Waals surface area contributed by atoms with Crippen molar-refractivity contribution in [1.82, 2.24) is 10.6 Å². The Labute approximate surface area is 81.5 Å². The van der Waals surface area contributed by atoms with E-state index in [1.807, 2.05) is 36.7 Å². The maximum atomic E-state index is 10.9. The molecular formula is C7H15IN2O. The molecule has 0 spiro atoms. The maximum absolute atomic E-state index is 10.9. The molecule has 0 aromatic carbocycles. The van der Waals surface area contributed by atoms with Crippen LogP contribution >= 0.6 is 22.6 Å². The van der Waals surface area contributed by atoms with E-state index in [4.69, 9.17) is 0 Å².